The highest BCUT2D eigenvalue weighted by Crippen LogP contribution is 2.34. The summed E-state index contributed by atoms with van der Waals surface area (Å²) >= 11 is 4.62. The van der Waals surface area contributed by atoms with Crippen LogP contribution < -0.4 is 14.8 Å². The number of carbonyl (C=O) groups excluding carboxylic acids is 1. The topological polar surface area (TPSA) is 73.3 Å². The molecule has 1 aliphatic heterocycles. The van der Waals surface area contributed by atoms with Gasteiger partial charge in [-0.3, -0.25) is 4.79 Å². The van der Waals surface area contributed by atoms with Crippen LogP contribution >= 0.6 is 34.9 Å². The molecule has 0 radical (unpaired) electrons. The first kappa shape index (κ1) is 17.4. The average Bonchev–Trinajstić information content (AvgIpc) is 3.19. The van der Waals surface area contributed by atoms with Crippen LogP contribution in [0.3, 0.4) is 0 Å². The molecule has 1 N–H and O–H groups in total. The van der Waals surface area contributed by atoms with Gasteiger partial charge in [0.05, 0.1) is 5.75 Å². The number of nitrogens with one attached hydrogen (secondary N) is 1. The fourth-order valence-corrected chi connectivity index (χ4v) is 4.65. The number of anilines is 1. The van der Waals surface area contributed by atoms with Crippen molar-refractivity contribution in [1.29, 1.82) is 0 Å². The van der Waals surface area contributed by atoms with E-state index in [1.54, 1.807) is 30.0 Å². The van der Waals surface area contributed by atoms with Crippen molar-refractivity contribution in [2.75, 3.05) is 23.6 Å². The lowest BCUT2D eigenvalue weighted by Gasteiger charge is -2.05. The molecule has 1 aromatic carbocycles. The first-order chi connectivity index (χ1) is 11.6. The van der Waals surface area contributed by atoms with Crippen LogP contribution in [0.5, 0.6) is 11.5 Å². The number of hydrogen-bond donors (Lipinski definition) is 1. The Kier molecular flexibility index (Phi) is 5.85. The van der Waals surface area contributed by atoms with Gasteiger partial charge in [0.1, 0.15) is 0 Å². The second kappa shape index (κ2) is 8.09. The maximum atomic E-state index is 12.1. The van der Waals surface area contributed by atoms with Gasteiger partial charge in [0, 0.05) is 17.5 Å². The molecular weight excluding hydrogens is 366 g/mol. The highest BCUT2D eigenvalue weighted by atomic mass is 32.2. The van der Waals surface area contributed by atoms with Crippen LogP contribution in [0, 0.1) is 5.92 Å². The second-order valence-electron chi connectivity index (χ2n) is 5.44. The molecule has 2 heterocycles. The normalized spacial score (nSPS) is 12.6. The van der Waals surface area contributed by atoms with Gasteiger partial charge < -0.3 is 14.8 Å². The third-order valence-electron chi connectivity index (χ3n) is 2.91. The van der Waals surface area contributed by atoms with Crippen LogP contribution in [0.15, 0.2) is 26.9 Å². The molecule has 9 heteroatoms. The monoisotopic (exact) mass is 383 g/mol. The highest BCUT2D eigenvalue weighted by Gasteiger charge is 2.14. The van der Waals surface area contributed by atoms with Crippen LogP contribution in [0.2, 0.25) is 0 Å². The molecule has 0 aliphatic carbocycles. The van der Waals surface area contributed by atoms with E-state index in [0.717, 1.165) is 14.4 Å². The van der Waals surface area contributed by atoms with Crippen molar-refractivity contribution in [3.8, 4) is 11.5 Å². The predicted molar refractivity (Wildman–Crippen MR) is 97.4 cm³/mol. The summed E-state index contributed by atoms with van der Waals surface area (Å²) in [5, 5.41) is 11.1. The number of thioether (sulfide) groups is 2. The minimum Gasteiger partial charge on any atom is -0.454 e. The van der Waals surface area contributed by atoms with E-state index < -0.39 is 0 Å². The van der Waals surface area contributed by atoms with Crippen LogP contribution in [0.1, 0.15) is 13.8 Å². The van der Waals surface area contributed by atoms with Crippen LogP contribution in [0.4, 0.5) is 5.69 Å². The van der Waals surface area contributed by atoms with E-state index in [0.29, 0.717) is 23.1 Å². The Morgan fingerprint density at radius 1 is 1.25 bits per heavy atom. The Morgan fingerprint density at radius 2 is 2.00 bits per heavy atom. The van der Waals surface area contributed by atoms with Gasteiger partial charge in [0.25, 0.3) is 0 Å². The Balaban J connectivity index is 1.47. The summed E-state index contributed by atoms with van der Waals surface area (Å²) in [5.41, 5.74) is 0.690. The number of benzene rings is 1. The molecule has 1 aromatic heterocycles. The molecule has 1 aliphatic rings. The molecule has 3 rings (SSSR count). The molecule has 2 aromatic rings. The molecular formula is C15H17N3O3S3. The molecule has 6 nitrogen and oxygen atoms in total. The van der Waals surface area contributed by atoms with Gasteiger partial charge in [-0.25, -0.2) is 0 Å². The number of ether oxygens (including phenoxy) is 2. The van der Waals surface area contributed by atoms with Gasteiger partial charge in [0.15, 0.2) is 20.2 Å². The molecule has 1 amide bonds. The van der Waals surface area contributed by atoms with E-state index in [9.17, 15) is 4.79 Å². The first-order valence-electron chi connectivity index (χ1n) is 7.39. The molecule has 0 atom stereocenters. The van der Waals surface area contributed by atoms with Crippen LogP contribution in [-0.2, 0) is 4.79 Å². The lowest BCUT2D eigenvalue weighted by Crippen LogP contribution is -2.13. The Labute approximate surface area is 152 Å². The van der Waals surface area contributed by atoms with Crippen molar-refractivity contribution in [1.82, 2.24) is 10.2 Å². The van der Waals surface area contributed by atoms with E-state index in [1.807, 2.05) is 0 Å². The zero-order valence-corrected chi connectivity index (χ0v) is 15.7. The van der Waals surface area contributed by atoms with Gasteiger partial charge in [-0.05, 0) is 18.1 Å². The lowest BCUT2D eigenvalue weighted by molar-refractivity contribution is -0.113. The minimum absolute atomic E-state index is 0.0922. The van der Waals surface area contributed by atoms with Crippen LogP contribution in [-0.4, -0.2) is 34.4 Å². The minimum atomic E-state index is -0.0922. The van der Waals surface area contributed by atoms with Gasteiger partial charge in [0.2, 0.25) is 12.7 Å². The number of rotatable bonds is 7. The summed E-state index contributed by atoms with van der Waals surface area (Å²) in [4.78, 5) is 12.1. The molecule has 0 saturated heterocycles. The lowest BCUT2D eigenvalue weighted by atomic mass is 10.3. The summed E-state index contributed by atoms with van der Waals surface area (Å²) in [7, 11) is 0. The Morgan fingerprint density at radius 3 is 2.79 bits per heavy atom. The third kappa shape index (κ3) is 4.78. The van der Waals surface area contributed by atoms with Crippen molar-refractivity contribution < 1.29 is 14.3 Å². The van der Waals surface area contributed by atoms with Crippen molar-refractivity contribution in [3.63, 3.8) is 0 Å². The molecule has 0 bridgehead atoms. The summed E-state index contributed by atoms with van der Waals surface area (Å²) in [6.07, 6.45) is 0. The van der Waals surface area contributed by atoms with E-state index in [-0.39, 0.29) is 18.5 Å². The molecule has 128 valence electrons. The largest absolute Gasteiger partial charge is 0.454 e. The summed E-state index contributed by atoms with van der Waals surface area (Å²) in [6.45, 7) is 4.56. The SMILES string of the molecule is CC(C)CSc1nnc(SCC(=O)Nc2ccc3c(c2)OCO3)s1. The van der Waals surface area contributed by atoms with Crippen LogP contribution in [0.25, 0.3) is 0 Å². The number of amides is 1. The quantitative estimate of drug-likeness (QED) is 0.730. The number of fused-ring (bicyclic) bond motifs is 1. The number of nitrogens with zero attached hydrogens (tertiary/aromatic N) is 2. The Hall–Kier alpha value is -1.45. The predicted octanol–water partition coefficient (Wildman–Crippen LogP) is 3.75. The number of aromatic nitrogens is 2. The highest BCUT2D eigenvalue weighted by molar-refractivity contribution is 8.03. The first-order valence-corrected chi connectivity index (χ1v) is 10.2. The molecule has 24 heavy (non-hydrogen) atoms. The maximum Gasteiger partial charge on any atom is 0.234 e. The van der Waals surface area contributed by atoms with Crippen molar-refractivity contribution in [3.05, 3.63) is 18.2 Å². The van der Waals surface area contributed by atoms with Gasteiger partial charge in [-0.2, -0.15) is 0 Å². The van der Waals surface area contributed by atoms with Crippen molar-refractivity contribution in [2.45, 2.75) is 22.5 Å². The van der Waals surface area contributed by atoms with E-state index in [4.69, 9.17) is 9.47 Å². The molecule has 0 fully saturated rings. The molecule has 0 unspecified atom stereocenters. The fourth-order valence-electron chi connectivity index (χ4n) is 1.85. The van der Waals surface area contributed by atoms with Gasteiger partial charge in [-0.1, -0.05) is 48.7 Å². The van der Waals surface area contributed by atoms with E-state index in [2.05, 4.69) is 29.4 Å². The zero-order valence-electron chi connectivity index (χ0n) is 13.3. The molecule has 0 spiro atoms. The van der Waals surface area contributed by atoms with Gasteiger partial charge in [-0.15, -0.1) is 10.2 Å². The maximum absolute atomic E-state index is 12.1. The standard InChI is InChI=1S/C15H17N3O3S3/c1-9(2)6-22-14-17-18-15(24-14)23-7-13(19)16-10-3-4-11-12(5-10)21-8-20-11/h3-5,9H,6-8H2,1-2H3,(H,16,19). The summed E-state index contributed by atoms with van der Waals surface area (Å²) in [5.74, 6) is 3.17. The molecule has 0 saturated carbocycles. The van der Waals surface area contributed by atoms with Gasteiger partial charge >= 0.3 is 0 Å². The average molecular weight is 384 g/mol. The summed E-state index contributed by atoms with van der Waals surface area (Å²) < 4.78 is 12.3. The fraction of sp³-hybridized carbons (Fsp3) is 0.400. The Bertz CT molecular complexity index is 721. The van der Waals surface area contributed by atoms with E-state index in [1.165, 1.54) is 23.1 Å². The second-order valence-corrected chi connectivity index (χ2v) is 8.91. The summed E-state index contributed by atoms with van der Waals surface area (Å²) in [6, 6.07) is 5.34. The van der Waals surface area contributed by atoms with Crippen molar-refractivity contribution in [2.24, 2.45) is 5.92 Å². The zero-order chi connectivity index (χ0) is 16.9. The number of hydrogen-bond acceptors (Lipinski definition) is 8. The van der Waals surface area contributed by atoms with E-state index >= 15 is 0 Å². The number of carbonyl (C=O) groups is 1. The van der Waals surface area contributed by atoms with Crippen molar-refractivity contribution >= 4 is 46.5 Å². The smallest absolute Gasteiger partial charge is 0.234 e. The third-order valence-corrected chi connectivity index (χ3v) is 6.53.